The van der Waals surface area contributed by atoms with Gasteiger partial charge in [0.25, 0.3) is 0 Å². The van der Waals surface area contributed by atoms with Gasteiger partial charge in [0.05, 0.1) is 6.61 Å². The van der Waals surface area contributed by atoms with Crippen molar-refractivity contribution in [1.82, 2.24) is 0 Å². The highest BCUT2D eigenvalue weighted by atomic mass is 16.5. The Morgan fingerprint density at radius 3 is 1.83 bits per heavy atom. The van der Waals surface area contributed by atoms with Crippen molar-refractivity contribution < 1.29 is 9.53 Å². The molecule has 24 heavy (non-hydrogen) atoms. The van der Waals surface area contributed by atoms with Gasteiger partial charge in [0.2, 0.25) is 0 Å². The molecule has 0 spiro atoms. The third-order valence-electron chi connectivity index (χ3n) is 4.14. The van der Waals surface area contributed by atoms with E-state index in [-0.39, 0.29) is 5.97 Å². The van der Waals surface area contributed by atoms with E-state index in [2.05, 4.69) is 31.2 Å². The summed E-state index contributed by atoms with van der Waals surface area (Å²) in [5, 5.41) is 0. The van der Waals surface area contributed by atoms with Crippen LogP contribution in [-0.4, -0.2) is 12.6 Å². The van der Waals surface area contributed by atoms with E-state index in [1.807, 2.05) is 6.92 Å². The lowest BCUT2D eigenvalue weighted by atomic mass is 10.1. The minimum absolute atomic E-state index is 0.0416. The van der Waals surface area contributed by atoms with E-state index < -0.39 is 0 Å². The van der Waals surface area contributed by atoms with Gasteiger partial charge in [-0.05, 0) is 45.4 Å². The fraction of sp³-hybridized carbons (Fsp3) is 0.773. The van der Waals surface area contributed by atoms with E-state index in [1.54, 1.807) is 0 Å². The summed E-state index contributed by atoms with van der Waals surface area (Å²) >= 11 is 0. The van der Waals surface area contributed by atoms with E-state index in [0.29, 0.717) is 13.0 Å². The van der Waals surface area contributed by atoms with Crippen molar-refractivity contribution in [3.05, 3.63) is 24.3 Å². The highest BCUT2D eigenvalue weighted by Gasteiger charge is 2.00. The second kappa shape index (κ2) is 20.0. The highest BCUT2D eigenvalue weighted by Crippen LogP contribution is 2.10. The van der Waals surface area contributed by atoms with Crippen molar-refractivity contribution in [1.29, 1.82) is 0 Å². The molecule has 0 aliphatic heterocycles. The summed E-state index contributed by atoms with van der Waals surface area (Å²) in [5.41, 5.74) is 0. The zero-order valence-corrected chi connectivity index (χ0v) is 16.2. The molecule has 2 heteroatoms. The van der Waals surface area contributed by atoms with Gasteiger partial charge in [0.15, 0.2) is 0 Å². The number of carbonyl (C=O) groups excluding carboxylic acids is 1. The third kappa shape index (κ3) is 19.0. The maximum absolute atomic E-state index is 11.2. The first-order chi connectivity index (χ1) is 11.8. The van der Waals surface area contributed by atoms with Crippen LogP contribution >= 0.6 is 0 Å². The first-order valence-corrected chi connectivity index (χ1v) is 10.3. The Hall–Kier alpha value is -1.05. The lowest BCUT2D eigenvalue weighted by Crippen LogP contribution is -2.03. The van der Waals surface area contributed by atoms with Gasteiger partial charge >= 0.3 is 5.97 Å². The molecule has 0 aliphatic carbocycles. The van der Waals surface area contributed by atoms with Crippen molar-refractivity contribution in [2.45, 2.75) is 104 Å². The average molecular weight is 337 g/mol. The van der Waals surface area contributed by atoms with Crippen molar-refractivity contribution in [2.24, 2.45) is 0 Å². The van der Waals surface area contributed by atoms with Gasteiger partial charge in [-0.1, -0.05) is 76.2 Å². The predicted octanol–water partition coefficient (Wildman–Crippen LogP) is 7.14. The van der Waals surface area contributed by atoms with Crippen LogP contribution in [0, 0.1) is 0 Å². The van der Waals surface area contributed by atoms with Crippen LogP contribution < -0.4 is 0 Å². The highest BCUT2D eigenvalue weighted by molar-refractivity contribution is 5.69. The molecule has 0 fully saturated rings. The predicted molar refractivity (Wildman–Crippen MR) is 105 cm³/mol. The minimum Gasteiger partial charge on any atom is -0.466 e. The molecule has 2 nitrogen and oxygen atoms in total. The number of ether oxygens (including phenoxy) is 1. The Morgan fingerprint density at radius 2 is 1.25 bits per heavy atom. The molecule has 0 radical (unpaired) electrons. The molecule has 0 aliphatic rings. The van der Waals surface area contributed by atoms with Crippen molar-refractivity contribution in [3.63, 3.8) is 0 Å². The van der Waals surface area contributed by atoms with Gasteiger partial charge < -0.3 is 4.74 Å². The fourth-order valence-corrected chi connectivity index (χ4v) is 2.67. The molecule has 0 rings (SSSR count). The Kier molecular flexibility index (Phi) is 19.1. The van der Waals surface area contributed by atoms with Gasteiger partial charge in [-0.3, -0.25) is 4.79 Å². The first kappa shape index (κ1) is 22.9. The molecule has 0 bridgehead atoms. The summed E-state index contributed by atoms with van der Waals surface area (Å²) in [4.78, 5) is 11.2. The molecule has 140 valence electrons. The zero-order chi connectivity index (χ0) is 17.7. The van der Waals surface area contributed by atoms with Crippen LogP contribution in [0.15, 0.2) is 24.3 Å². The maximum Gasteiger partial charge on any atom is 0.305 e. The Balaban J connectivity index is 3.19. The van der Waals surface area contributed by atoms with E-state index in [1.165, 1.54) is 64.2 Å². The van der Waals surface area contributed by atoms with E-state index >= 15 is 0 Å². The lowest BCUT2D eigenvalue weighted by Gasteiger charge is -2.02. The van der Waals surface area contributed by atoms with E-state index in [0.717, 1.165) is 19.3 Å². The summed E-state index contributed by atoms with van der Waals surface area (Å²) in [7, 11) is 0. The molecule has 0 N–H and O–H groups in total. The zero-order valence-electron chi connectivity index (χ0n) is 16.2. The second-order valence-electron chi connectivity index (χ2n) is 6.49. The van der Waals surface area contributed by atoms with Gasteiger partial charge in [0, 0.05) is 6.42 Å². The Labute approximate surface area is 150 Å². The first-order valence-electron chi connectivity index (χ1n) is 10.3. The van der Waals surface area contributed by atoms with E-state index in [9.17, 15) is 4.79 Å². The minimum atomic E-state index is -0.0416. The van der Waals surface area contributed by atoms with Gasteiger partial charge in [-0.25, -0.2) is 0 Å². The van der Waals surface area contributed by atoms with Crippen LogP contribution in [0.1, 0.15) is 104 Å². The van der Waals surface area contributed by atoms with Gasteiger partial charge in [-0.2, -0.15) is 0 Å². The molecule has 0 saturated carbocycles. The number of hydrogen-bond donors (Lipinski definition) is 0. The molecular formula is C22H40O2. The number of hydrogen-bond acceptors (Lipinski definition) is 2. The van der Waals surface area contributed by atoms with Crippen LogP contribution in [0.3, 0.4) is 0 Å². The number of esters is 1. The molecule has 0 heterocycles. The molecule has 0 unspecified atom stereocenters. The fourth-order valence-electron chi connectivity index (χ4n) is 2.67. The van der Waals surface area contributed by atoms with Crippen LogP contribution in [0.2, 0.25) is 0 Å². The molecular weight excluding hydrogens is 296 g/mol. The number of unbranched alkanes of at least 4 members (excludes halogenated alkanes) is 10. The second-order valence-corrected chi connectivity index (χ2v) is 6.49. The number of carbonyl (C=O) groups is 1. The van der Waals surface area contributed by atoms with Gasteiger partial charge in [0.1, 0.15) is 0 Å². The quantitative estimate of drug-likeness (QED) is 0.160. The molecule has 0 aromatic carbocycles. The Morgan fingerprint density at radius 1 is 0.708 bits per heavy atom. The Bertz CT molecular complexity index is 318. The topological polar surface area (TPSA) is 26.3 Å². The number of rotatable bonds is 17. The van der Waals surface area contributed by atoms with Crippen molar-refractivity contribution in [3.8, 4) is 0 Å². The molecule has 0 atom stereocenters. The summed E-state index contributed by atoms with van der Waals surface area (Å²) in [6, 6.07) is 0. The summed E-state index contributed by atoms with van der Waals surface area (Å²) in [6.45, 7) is 4.61. The maximum atomic E-state index is 11.2. The summed E-state index contributed by atoms with van der Waals surface area (Å²) in [5.74, 6) is -0.0416. The van der Waals surface area contributed by atoms with Crippen molar-refractivity contribution >= 4 is 5.97 Å². The van der Waals surface area contributed by atoms with Crippen LogP contribution in [0.4, 0.5) is 0 Å². The van der Waals surface area contributed by atoms with E-state index in [4.69, 9.17) is 4.74 Å². The molecule has 0 aromatic heterocycles. The standard InChI is InChI=1S/C22H40O2/c1-3-5-6-7-8-9-10-11-12-13-14-15-16-17-18-19-20-21-22(23)24-4-2/h8-9,11-12H,3-7,10,13-21H2,1-2H3/b9-8+,12-11+. The summed E-state index contributed by atoms with van der Waals surface area (Å²) in [6.07, 6.45) is 26.0. The normalized spacial score (nSPS) is 11.6. The molecule has 0 saturated heterocycles. The lowest BCUT2D eigenvalue weighted by molar-refractivity contribution is -0.143. The smallest absolute Gasteiger partial charge is 0.305 e. The largest absolute Gasteiger partial charge is 0.466 e. The average Bonchev–Trinajstić information content (AvgIpc) is 2.58. The van der Waals surface area contributed by atoms with Crippen LogP contribution in [-0.2, 0) is 9.53 Å². The van der Waals surface area contributed by atoms with Crippen molar-refractivity contribution in [2.75, 3.05) is 6.61 Å². The molecule has 0 amide bonds. The number of allylic oxidation sites excluding steroid dienone is 4. The SMILES string of the molecule is CCCCC/C=C/C/C=C/CCCCCCCCCC(=O)OCC. The summed E-state index contributed by atoms with van der Waals surface area (Å²) < 4.78 is 4.92. The van der Waals surface area contributed by atoms with Crippen LogP contribution in [0.25, 0.3) is 0 Å². The molecule has 0 aromatic rings. The third-order valence-corrected chi connectivity index (χ3v) is 4.14. The monoisotopic (exact) mass is 336 g/mol. The van der Waals surface area contributed by atoms with Crippen LogP contribution in [0.5, 0.6) is 0 Å². The van der Waals surface area contributed by atoms with Gasteiger partial charge in [-0.15, -0.1) is 0 Å².